The Morgan fingerprint density at radius 3 is 1.62 bits per heavy atom. The number of hydrogen-bond donors (Lipinski definition) is 0. The predicted molar refractivity (Wildman–Crippen MR) is 110 cm³/mol. The highest BCUT2D eigenvalue weighted by atomic mass is 14.9. The Bertz CT molecular complexity index is 694. The Hall–Kier alpha value is -1.71. The lowest BCUT2D eigenvalue weighted by molar-refractivity contribution is 0.831. The van der Waals surface area contributed by atoms with E-state index in [0.717, 1.165) is 72.7 Å². The molecule has 0 amide bonds. The van der Waals surface area contributed by atoms with E-state index in [4.69, 9.17) is 15.7 Å². The third-order valence-corrected chi connectivity index (χ3v) is 4.38. The SMILES string of the molecule is [B]CCCc1c(C)nc(C)nc1C.[B]CCCc1nc(C)nc(C)c1C. The Labute approximate surface area is 161 Å². The first-order valence-corrected chi connectivity index (χ1v) is 9.31. The molecular formula is C20H30B2N4. The Morgan fingerprint density at radius 2 is 1.08 bits per heavy atom. The van der Waals surface area contributed by atoms with Crippen molar-refractivity contribution in [3.63, 3.8) is 0 Å². The summed E-state index contributed by atoms with van der Waals surface area (Å²) in [6.45, 7) is 12.0. The van der Waals surface area contributed by atoms with Crippen molar-refractivity contribution in [3.8, 4) is 0 Å². The first-order chi connectivity index (χ1) is 12.3. The van der Waals surface area contributed by atoms with Crippen molar-refractivity contribution in [1.29, 1.82) is 0 Å². The molecule has 0 saturated heterocycles. The third-order valence-electron chi connectivity index (χ3n) is 4.38. The lowest BCUT2D eigenvalue weighted by Gasteiger charge is -2.08. The molecule has 0 aliphatic rings. The average Bonchev–Trinajstić information content (AvgIpc) is 2.56. The minimum Gasteiger partial charge on any atom is -0.238 e. The van der Waals surface area contributed by atoms with Crippen molar-refractivity contribution < 1.29 is 0 Å². The van der Waals surface area contributed by atoms with Crippen LogP contribution in [0.4, 0.5) is 0 Å². The fourth-order valence-electron chi connectivity index (χ4n) is 2.90. The summed E-state index contributed by atoms with van der Waals surface area (Å²) in [4.78, 5) is 17.4. The van der Waals surface area contributed by atoms with E-state index in [2.05, 4.69) is 26.9 Å². The molecule has 2 rings (SSSR count). The van der Waals surface area contributed by atoms with Crippen molar-refractivity contribution >= 4 is 15.7 Å². The molecule has 4 radical (unpaired) electrons. The van der Waals surface area contributed by atoms with Crippen LogP contribution >= 0.6 is 0 Å². The van der Waals surface area contributed by atoms with Crippen molar-refractivity contribution in [3.05, 3.63) is 45.6 Å². The number of rotatable bonds is 6. The fourth-order valence-corrected chi connectivity index (χ4v) is 2.90. The second kappa shape index (κ2) is 11.1. The summed E-state index contributed by atoms with van der Waals surface area (Å²) in [6.07, 6.45) is 5.42. The lowest BCUT2D eigenvalue weighted by Crippen LogP contribution is -2.02. The number of nitrogens with zero attached hydrogens (tertiary/aromatic N) is 4. The van der Waals surface area contributed by atoms with Gasteiger partial charge >= 0.3 is 0 Å². The van der Waals surface area contributed by atoms with E-state index in [1.54, 1.807) is 0 Å². The molecule has 0 atom stereocenters. The molecule has 26 heavy (non-hydrogen) atoms. The molecule has 0 saturated carbocycles. The van der Waals surface area contributed by atoms with Gasteiger partial charge in [0.1, 0.15) is 11.6 Å². The van der Waals surface area contributed by atoms with E-state index in [9.17, 15) is 0 Å². The van der Waals surface area contributed by atoms with Gasteiger partial charge in [-0.25, -0.2) is 19.9 Å². The van der Waals surface area contributed by atoms with Gasteiger partial charge in [0.2, 0.25) is 0 Å². The van der Waals surface area contributed by atoms with Crippen LogP contribution in [0.2, 0.25) is 12.6 Å². The molecule has 0 N–H and O–H groups in total. The minimum atomic E-state index is 0.724. The van der Waals surface area contributed by atoms with Crippen LogP contribution < -0.4 is 0 Å². The largest absolute Gasteiger partial charge is 0.238 e. The summed E-state index contributed by atoms with van der Waals surface area (Å²) in [6, 6.07) is 0. The van der Waals surface area contributed by atoms with Gasteiger partial charge in [-0.05, 0) is 65.5 Å². The maximum atomic E-state index is 5.47. The summed E-state index contributed by atoms with van der Waals surface area (Å²) in [7, 11) is 10.9. The summed E-state index contributed by atoms with van der Waals surface area (Å²) in [5, 5.41) is 0. The van der Waals surface area contributed by atoms with Gasteiger partial charge in [0, 0.05) is 22.8 Å². The summed E-state index contributed by atoms with van der Waals surface area (Å²) in [5.74, 6) is 1.71. The topological polar surface area (TPSA) is 51.6 Å². The van der Waals surface area contributed by atoms with Crippen LogP contribution in [0.5, 0.6) is 0 Å². The highest BCUT2D eigenvalue weighted by molar-refractivity contribution is 6.08. The van der Waals surface area contributed by atoms with Crippen molar-refractivity contribution in [2.24, 2.45) is 0 Å². The van der Waals surface area contributed by atoms with Crippen LogP contribution in [0.1, 0.15) is 58.4 Å². The monoisotopic (exact) mass is 348 g/mol. The number of aromatic nitrogens is 4. The quantitative estimate of drug-likeness (QED) is 0.745. The van der Waals surface area contributed by atoms with Gasteiger partial charge in [0.05, 0.1) is 15.7 Å². The zero-order valence-electron chi connectivity index (χ0n) is 17.2. The molecule has 0 aromatic carbocycles. The summed E-state index contributed by atoms with van der Waals surface area (Å²) < 4.78 is 0. The zero-order valence-corrected chi connectivity index (χ0v) is 17.2. The van der Waals surface area contributed by atoms with Crippen LogP contribution in [0.15, 0.2) is 0 Å². The van der Waals surface area contributed by atoms with Crippen molar-refractivity contribution in [1.82, 2.24) is 19.9 Å². The van der Waals surface area contributed by atoms with Crippen LogP contribution in [0, 0.1) is 41.5 Å². The molecule has 2 aromatic rings. The molecule has 2 heterocycles. The first-order valence-electron chi connectivity index (χ1n) is 9.31. The van der Waals surface area contributed by atoms with Gasteiger partial charge in [-0.15, -0.1) is 0 Å². The maximum Gasteiger partial charge on any atom is 0.125 e. The second-order valence-electron chi connectivity index (χ2n) is 6.63. The molecule has 2 aromatic heterocycles. The maximum absolute atomic E-state index is 5.47. The second-order valence-corrected chi connectivity index (χ2v) is 6.63. The normalized spacial score (nSPS) is 10.4. The summed E-state index contributed by atoms with van der Waals surface area (Å²) in [5.41, 5.74) is 6.89. The first kappa shape index (κ1) is 22.3. The summed E-state index contributed by atoms with van der Waals surface area (Å²) >= 11 is 0. The Kier molecular flexibility index (Phi) is 9.53. The smallest absolute Gasteiger partial charge is 0.125 e. The molecule has 0 aliphatic carbocycles. The Balaban J connectivity index is 0.000000260. The average molecular weight is 348 g/mol. The van der Waals surface area contributed by atoms with E-state index in [1.165, 1.54) is 11.1 Å². The van der Waals surface area contributed by atoms with E-state index in [0.29, 0.717) is 0 Å². The van der Waals surface area contributed by atoms with Crippen LogP contribution in [0.3, 0.4) is 0 Å². The van der Waals surface area contributed by atoms with Crippen molar-refractivity contribution in [2.45, 2.75) is 79.9 Å². The molecule has 0 spiro atoms. The highest BCUT2D eigenvalue weighted by Crippen LogP contribution is 2.13. The van der Waals surface area contributed by atoms with Crippen LogP contribution in [-0.4, -0.2) is 35.6 Å². The van der Waals surface area contributed by atoms with Gasteiger partial charge in [-0.1, -0.05) is 25.5 Å². The molecule has 0 aliphatic heterocycles. The van der Waals surface area contributed by atoms with E-state index >= 15 is 0 Å². The van der Waals surface area contributed by atoms with Gasteiger partial charge in [0.25, 0.3) is 0 Å². The fraction of sp³-hybridized carbons (Fsp3) is 0.600. The van der Waals surface area contributed by atoms with Crippen LogP contribution in [0.25, 0.3) is 0 Å². The number of hydrogen-bond acceptors (Lipinski definition) is 4. The molecule has 136 valence electrons. The standard InChI is InChI=1S/2C10H15BN2/c1-7-10(5-4-6-11)8(2)13-9(3)12-7;1-7-8(2)12-9(3)13-10(7)5-4-6-11/h2*4-6H2,1-3H3. The Morgan fingerprint density at radius 1 is 0.615 bits per heavy atom. The van der Waals surface area contributed by atoms with E-state index in [-0.39, 0.29) is 0 Å². The van der Waals surface area contributed by atoms with Gasteiger partial charge in [-0.2, -0.15) is 0 Å². The van der Waals surface area contributed by atoms with Crippen LogP contribution in [-0.2, 0) is 12.8 Å². The minimum absolute atomic E-state index is 0.724. The molecule has 0 bridgehead atoms. The molecule has 0 fully saturated rings. The molecule has 6 heteroatoms. The molecular weight excluding hydrogens is 318 g/mol. The predicted octanol–water partition coefficient (Wildman–Crippen LogP) is 3.84. The van der Waals surface area contributed by atoms with E-state index in [1.807, 2.05) is 34.6 Å². The highest BCUT2D eigenvalue weighted by Gasteiger charge is 2.05. The third kappa shape index (κ3) is 6.89. The molecule has 4 nitrogen and oxygen atoms in total. The van der Waals surface area contributed by atoms with Gasteiger partial charge in [0.15, 0.2) is 0 Å². The van der Waals surface area contributed by atoms with Crippen molar-refractivity contribution in [2.75, 3.05) is 0 Å². The van der Waals surface area contributed by atoms with Gasteiger partial charge < -0.3 is 0 Å². The van der Waals surface area contributed by atoms with Gasteiger partial charge in [-0.3, -0.25) is 0 Å². The molecule has 0 unspecified atom stereocenters. The van der Waals surface area contributed by atoms with E-state index < -0.39 is 0 Å². The lowest BCUT2D eigenvalue weighted by atomic mass is 9.96. The zero-order chi connectivity index (χ0) is 19.7. The number of aryl methyl sites for hydroxylation is 6.